The topological polar surface area (TPSA) is 125 Å². The first-order valence-corrected chi connectivity index (χ1v) is 10.8. The van der Waals surface area contributed by atoms with Crippen LogP contribution in [-0.4, -0.2) is 33.2 Å². The van der Waals surface area contributed by atoms with Crippen LogP contribution in [-0.2, 0) is 11.3 Å². The number of aromatic nitrogens is 3. The molecule has 0 aliphatic carbocycles. The van der Waals surface area contributed by atoms with E-state index in [9.17, 15) is 9.59 Å². The van der Waals surface area contributed by atoms with E-state index in [1.54, 1.807) is 47.5 Å². The van der Waals surface area contributed by atoms with Crippen LogP contribution in [0.1, 0.15) is 16.1 Å². The smallest absolute Gasteiger partial charge is 0.256 e. The van der Waals surface area contributed by atoms with Gasteiger partial charge in [-0.25, -0.2) is 9.67 Å². The number of carbonyl (C=O) groups excluding carboxylic acids is 2. The maximum absolute atomic E-state index is 13.4. The van der Waals surface area contributed by atoms with Crippen LogP contribution < -0.4 is 15.8 Å². The lowest BCUT2D eigenvalue weighted by molar-refractivity contribution is -0.119. The summed E-state index contributed by atoms with van der Waals surface area (Å²) >= 11 is 0. The monoisotopic (exact) mass is 467 g/mol. The number of rotatable bonds is 8. The van der Waals surface area contributed by atoms with Gasteiger partial charge in [-0.05, 0) is 42.5 Å². The van der Waals surface area contributed by atoms with E-state index in [0.29, 0.717) is 40.3 Å². The maximum atomic E-state index is 13.4. The van der Waals surface area contributed by atoms with Crippen LogP contribution in [0.25, 0.3) is 22.3 Å². The molecular formula is C26H21N5O4. The van der Waals surface area contributed by atoms with Crippen LogP contribution in [0.4, 0.5) is 5.69 Å². The molecule has 9 nitrogen and oxygen atoms in total. The SMILES string of the molecule is NC(=O)COc1ccc(NC(=O)c2cc(-c3ccccc3)nc3c2cnn3Cc2ccco2)cc1. The molecule has 3 N–H and O–H groups in total. The van der Waals surface area contributed by atoms with Crippen LogP contribution >= 0.6 is 0 Å². The Kier molecular flexibility index (Phi) is 5.96. The summed E-state index contributed by atoms with van der Waals surface area (Å²) in [7, 11) is 0. The molecule has 2 amide bonds. The molecule has 0 atom stereocenters. The summed E-state index contributed by atoms with van der Waals surface area (Å²) in [6, 6.07) is 21.7. The molecule has 5 rings (SSSR count). The van der Waals surface area contributed by atoms with Gasteiger partial charge in [-0.1, -0.05) is 30.3 Å². The number of carbonyl (C=O) groups is 2. The summed E-state index contributed by atoms with van der Waals surface area (Å²) in [6.45, 7) is 0.167. The Morgan fingerprint density at radius 1 is 1.03 bits per heavy atom. The van der Waals surface area contributed by atoms with Gasteiger partial charge in [-0.15, -0.1) is 0 Å². The van der Waals surface area contributed by atoms with Crippen molar-refractivity contribution < 1.29 is 18.7 Å². The molecule has 5 aromatic rings. The molecule has 9 heteroatoms. The number of anilines is 1. The first-order chi connectivity index (χ1) is 17.1. The average Bonchev–Trinajstić information content (AvgIpc) is 3.54. The van der Waals surface area contributed by atoms with Gasteiger partial charge in [0.1, 0.15) is 18.1 Å². The van der Waals surface area contributed by atoms with Crippen molar-refractivity contribution in [3.63, 3.8) is 0 Å². The molecule has 0 radical (unpaired) electrons. The van der Waals surface area contributed by atoms with Gasteiger partial charge >= 0.3 is 0 Å². The van der Waals surface area contributed by atoms with Gasteiger partial charge in [0.05, 0.1) is 29.1 Å². The number of nitrogens with one attached hydrogen (secondary N) is 1. The molecular weight excluding hydrogens is 446 g/mol. The van der Waals surface area contributed by atoms with E-state index in [0.717, 1.165) is 11.3 Å². The molecule has 174 valence electrons. The second-order valence-electron chi connectivity index (χ2n) is 7.77. The number of nitrogens with two attached hydrogens (primary N) is 1. The van der Waals surface area contributed by atoms with E-state index in [4.69, 9.17) is 19.9 Å². The zero-order valence-corrected chi connectivity index (χ0v) is 18.5. The van der Waals surface area contributed by atoms with E-state index < -0.39 is 5.91 Å². The number of benzene rings is 2. The van der Waals surface area contributed by atoms with Gasteiger partial charge in [0.15, 0.2) is 12.3 Å². The average molecular weight is 467 g/mol. The molecule has 0 saturated carbocycles. The summed E-state index contributed by atoms with van der Waals surface area (Å²) in [4.78, 5) is 29.1. The van der Waals surface area contributed by atoms with Gasteiger partial charge in [0.2, 0.25) is 0 Å². The van der Waals surface area contributed by atoms with Crippen molar-refractivity contribution in [2.45, 2.75) is 6.54 Å². The Balaban J connectivity index is 1.49. The molecule has 3 heterocycles. The van der Waals surface area contributed by atoms with E-state index >= 15 is 0 Å². The predicted molar refractivity (Wildman–Crippen MR) is 130 cm³/mol. The summed E-state index contributed by atoms with van der Waals surface area (Å²) in [6.07, 6.45) is 3.24. The number of ether oxygens (including phenoxy) is 1. The fourth-order valence-electron chi connectivity index (χ4n) is 3.65. The fraction of sp³-hybridized carbons (Fsp3) is 0.0769. The number of primary amides is 1. The number of pyridine rings is 1. The van der Waals surface area contributed by atoms with E-state index in [1.165, 1.54) is 0 Å². The molecule has 0 aliphatic heterocycles. The fourth-order valence-corrected chi connectivity index (χ4v) is 3.65. The second-order valence-corrected chi connectivity index (χ2v) is 7.77. The zero-order valence-electron chi connectivity index (χ0n) is 18.5. The van der Waals surface area contributed by atoms with Gasteiger partial charge in [-0.2, -0.15) is 5.10 Å². The molecule has 35 heavy (non-hydrogen) atoms. The number of hydrogen-bond donors (Lipinski definition) is 2. The van der Waals surface area contributed by atoms with Gasteiger partial charge in [-0.3, -0.25) is 9.59 Å². The third-order valence-corrected chi connectivity index (χ3v) is 5.30. The Labute approximate surface area is 200 Å². The number of furan rings is 1. The molecule has 0 bridgehead atoms. The Morgan fingerprint density at radius 2 is 1.83 bits per heavy atom. The van der Waals surface area contributed by atoms with Crippen LogP contribution in [0.5, 0.6) is 5.75 Å². The standard InChI is InChI=1S/C26H21N5O4/c27-24(32)16-35-19-10-8-18(9-11-19)29-26(33)21-13-23(17-5-2-1-3-6-17)30-25-22(21)14-28-31(25)15-20-7-4-12-34-20/h1-14H,15-16H2,(H2,27,32)(H,29,33). The lowest BCUT2D eigenvalue weighted by Gasteiger charge is -2.10. The summed E-state index contributed by atoms with van der Waals surface area (Å²) < 4.78 is 12.4. The van der Waals surface area contributed by atoms with Crippen LogP contribution in [0.2, 0.25) is 0 Å². The molecule has 3 aromatic heterocycles. The van der Waals surface area contributed by atoms with E-state index in [2.05, 4.69) is 10.4 Å². The molecule has 2 aromatic carbocycles. The highest BCUT2D eigenvalue weighted by Crippen LogP contribution is 2.26. The highest BCUT2D eigenvalue weighted by Gasteiger charge is 2.18. The Morgan fingerprint density at radius 3 is 2.54 bits per heavy atom. The Hall–Kier alpha value is -4.92. The number of nitrogens with zero attached hydrogens (tertiary/aromatic N) is 3. The van der Waals surface area contributed by atoms with Gasteiger partial charge in [0, 0.05) is 11.3 Å². The molecule has 0 spiro atoms. The first kappa shape index (κ1) is 21.9. The van der Waals surface area contributed by atoms with Crippen molar-refractivity contribution in [1.82, 2.24) is 14.8 Å². The lowest BCUT2D eigenvalue weighted by Crippen LogP contribution is -2.20. The maximum Gasteiger partial charge on any atom is 0.256 e. The quantitative estimate of drug-likeness (QED) is 0.357. The lowest BCUT2D eigenvalue weighted by atomic mass is 10.1. The number of hydrogen-bond acceptors (Lipinski definition) is 6. The van der Waals surface area contributed by atoms with Crippen molar-refractivity contribution in [1.29, 1.82) is 0 Å². The van der Waals surface area contributed by atoms with Crippen molar-refractivity contribution in [3.05, 3.63) is 96.6 Å². The normalized spacial score (nSPS) is 10.9. The molecule has 0 aliphatic rings. The predicted octanol–water partition coefficient (Wildman–Crippen LogP) is 3.86. The minimum absolute atomic E-state index is 0.217. The molecule has 0 fully saturated rings. The van der Waals surface area contributed by atoms with Crippen molar-refractivity contribution >= 4 is 28.5 Å². The van der Waals surface area contributed by atoms with Crippen LogP contribution in [0, 0.1) is 0 Å². The second kappa shape index (κ2) is 9.52. The highest BCUT2D eigenvalue weighted by atomic mass is 16.5. The Bertz CT molecular complexity index is 1480. The molecule has 0 saturated heterocycles. The van der Waals surface area contributed by atoms with Crippen molar-refractivity contribution in [2.24, 2.45) is 5.73 Å². The molecule has 0 unspecified atom stereocenters. The highest BCUT2D eigenvalue weighted by molar-refractivity contribution is 6.12. The minimum Gasteiger partial charge on any atom is -0.484 e. The van der Waals surface area contributed by atoms with Gasteiger partial charge in [0.25, 0.3) is 11.8 Å². The summed E-state index contributed by atoms with van der Waals surface area (Å²) in [5.41, 5.74) is 8.21. The van der Waals surface area contributed by atoms with Crippen LogP contribution in [0.15, 0.2) is 89.7 Å². The number of fused-ring (bicyclic) bond motifs is 1. The van der Waals surface area contributed by atoms with E-state index in [-0.39, 0.29) is 12.5 Å². The van der Waals surface area contributed by atoms with Crippen LogP contribution in [0.3, 0.4) is 0 Å². The summed E-state index contributed by atoms with van der Waals surface area (Å²) in [5, 5.41) is 7.99. The first-order valence-electron chi connectivity index (χ1n) is 10.8. The third-order valence-electron chi connectivity index (χ3n) is 5.30. The third kappa shape index (κ3) is 4.88. The zero-order chi connectivity index (χ0) is 24.2. The largest absolute Gasteiger partial charge is 0.484 e. The van der Waals surface area contributed by atoms with Crippen molar-refractivity contribution in [2.75, 3.05) is 11.9 Å². The minimum atomic E-state index is -0.564. The van der Waals surface area contributed by atoms with E-state index in [1.807, 2.05) is 42.5 Å². The van der Waals surface area contributed by atoms with Gasteiger partial charge < -0.3 is 20.2 Å². The number of amides is 2. The summed E-state index contributed by atoms with van der Waals surface area (Å²) in [5.74, 6) is 0.328. The van der Waals surface area contributed by atoms with Crippen molar-refractivity contribution in [3.8, 4) is 17.0 Å².